The van der Waals surface area contributed by atoms with Gasteiger partial charge in [-0.25, -0.2) is 0 Å². The fourth-order valence-electron chi connectivity index (χ4n) is 3.48. The number of methoxy groups -OCH3 is 1. The third kappa shape index (κ3) is 3.38. The zero-order valence-electron chi connectivity index (χ0n) is 14.7. The molecule has 1 aliphatic carbocycles. The molecular weight excluding hydrogens is 366 g/mol. The van der Waals surface area contributed by atoms with E-state index in [0.717, 1.165) is 19.3 Å². The molecule has 1 atom stereocenters. The number of hydrogen-bond donors (Lipinski definition) is 1. The largest absolute Gasteiger partial charge is 0.496 e. The molecule has 0 saturated heterocycles. The van der Waals surface area contributed by atoms with E-state index in [2.05, 4.69) is 33.0 Å². The quantitative estimate of drug-likeness (QED) is 0.748. The monoisotopic (exact) mass is 383 g/mol. The minimum absolute atomic E-state index is 0.0230. The Morgan fingerprint density at radius 2 is 2.19 bits per heavy atom. The molecule has 138 valence electrons. The van der Waals surface area contributed by atoms with E-state index in [1.165, 1.54) is 29.2 Å². The molecule has 0 saturated carbocycles. The van der Waals surface area contributed by atoms with Crippen LogP contribution in [0.15, 0.2) is 42.7 Å². The first-order valence-corrected chi connectivity index (χ1v) is 9.04. The lowest BCUT2D eigenvalue weighted by atomic mass is 9.87. The van der Waals surface area contributed by atoms with Crippen molar-refractivity contribution in [3.8, 4) is 11.4 Å². The van der Waals surface area contributed by atoms with Gasteiger partial charge in [-0.3, -0.25) is 4.79 Å². The minimum atomic E-state index is -0.223. The summed E-state index contributed by atoms with van der Waals surface area (Å²) in [5, 5.41) is 14.5. The van der Waals surface area contributed by atoms with Crippen LogP contribution in [0.1, 0.15) is 40.4 Å². The molecule has 1 heterocycles. The molecule has 2 aromatic carbocycles. The number of tetrazole rings is 1. The van der Waals surface area contributed by atoms with Crippen LogP contribution in [-0.2, 0) is 6.42 Å². The molecule has 1 aromatic heterocycles. The zero-order valence-corrected chi connectivity index (χ0v) is 15.5. The molecule has 8 heteroatoms. The van der Waals surface area contributed by atoms with Crippen LogP contribution in [-0.4, -0.2) is 33.2 Å². The number of benzene rings is 2. The minimum Gasteiger partial charge on any atom is -0.496 e. The van der Waals surface area contributed by atoms with Crippen LogP contribution in [0.4, 0.5) is 0 Å². The highest BCUT2D eigenvalue weighted by Crippen LogP contribution is 2.32. The topological polar surface area (TPSA) is 81.9 Å². The van der Waals surface area contributed by atoms with Gasteiger partial charge in [0.05, 0.1) is 29.4 Å². The van der Waals surface area contributed by atoms with E-state index < -0.39 is 0 Å². The van der Waals surface area contributed by atoms with Crippen molar-refractivity contribution in [1.82, 2.24) is 25.5 Å². The fourth-order valence-corrected chi connectivity index (χ4v) is 3.73. The highest BCUT2D eigenvalue weighted by atomic mass is 35.5. The molecule has 1 aliphatic rings. The van der Waals surface area contributed by atoms with E-state index in [1.807, 2.05) is 12.1 Å². The fraction of sp³-hybridized carbons (Fsp3) is 0.263. The van der Waals surface area contributed by atoms with Gasteiger partial charge in [-0.1, -0.05) is 35.9 Å². The van der Waals surface area contributed by atoms with Gasteiger partial charge in [-0.15, -0.1) is 5.10 Å². The van der Waals surface area contributed by atoms with E-state index in [-0.39, 0.29) is 11.9 Å². The first kappa shape index (κ1) is 17.5. The predicted octanol–water partition coefficient (Wildman–Crippen LogP) is 3.13. The number of amides is 1. The Morgan fingerprint density at radius 1 is 1.33 bits per heavy atom. The second-order valence-corrected chi connectivity index (χ2v) is 6.78. The first-order chi connectivity index (χ1) is 13.2. The molecule has 27 heavy (non-hydrogen) atoms. The normalized spacial score (nSPS) is 15.9. The van der Waals surface area contributed by atoms with Gasteiger partial charge in [0.15, 0.2) is 0 Å². The number of rotatable bonds is 4. The number of carbonyl (C=O) groups excluding carboxylic acids is 1. The number of nitrogens with zero attached hydrogens (tertiary/aromatic N) is 4. The molecular formula is C19H18ClN5O2. The number of aryl methyl sites for hydroxylation is 1. The highest BCUT2D eigenvalue weighted by Gasteiger charge is 2.24. The molecule has 0 spiro atoms. The van der Waals surface area contributed by atoms with Gasteiger partial charge in [0.1, 0.15) is 12.1 Å². The number of nitrogens with one attached hydrogen (secondary N) is 1. The Balaban J connectivity index is 1.64. The van der Waals surface area contributed by atoms with Crippen molar-refractivity contribution in [2.24, 2.45) is 0 Å². The number of ether oxygens (including phenoxy) is 1. The summed E-state index contributed by atoms with van der Waals surface area (Å²) in [6.45, 7) is 0. The van der Waals surface area contributed by atoms with Crippen LogP contribution in [0.2, 0.25) is 5.02 Å². The predicted molar refractivity (Wildman–Crippen MR) is 100 cm³/mol. The molecule has 0 fully saturated rings. The van der Waals surface area contributed by atoms with Crippen LogP contribution >= 0.6 is 11.6 Å². The number of hydrogen-bond acceptors (Lipinski definition) is 5. The third-order valence-corrected chi connectivity index (χ3v) is 5.09. The van der Waals surface area contributed by atoms with Crippen molar-refractivity contribution in [3.05, 3.63) is 64.4 Å². The lowest BCUT2D eigenvalue weighted by Crippen LogP contribution is -2.31. The van der Waals surface area contributed by atoms with Crippen molar-refractivity contribution < 1.29 is 9.53 Å². The maximum Gasteiger partial charge on any atom is 0.255 e. The smallest absolute Gasteiger partial charge is 0.255 e. The van der Waals surface area contributed by atoms with E-state index in [1.54, 1.807) is 12.1 Å². The van der Waals surface area contributed by atoms with E-state index >= 15 is 0 Å². The number of halogens is 1. The summed E-state index contributed by atoms with van der Waals surface area (Å²) in [6.07, 6.45) is 4.41. The summed E-state index contributed by atoms with van der Waals surface area (Å²) < 4.78 is 6.84. The summed E-state index contributed by atoms with van der Waals surface area (Å²) in [5.41, 5.74) is 3.38. The van der Waals surface area contributed by atoms with Crippen molar-refractivity contribution in [1.29, 1.82) is 0 Å². The molecule has 1 amide bonds. The van der Waals surface area contributed by atoms with Gasteiger partial charge in [0, 0.05) is 6.07 Å². The van der Waals surface area contributed by atoms with Crippen molar-refractivity contribution in [3.63, 3.8) is 0 Å². The van der Waals surface area contributed by atoms with Crippen LogP contribution < -0.4 is 10.1 Å². The summed E-state index contributed by atoms with van der Waals surface area (Å²) in [5.74, 6) is 0.185. The van der Waals surface area contributed by atoms with Crippen LogP contribution in [0, 0.1) is 0 Å². The number of fused-ring (bicyclic) bond motifs is 1. The van der Waals surface area contributed by atoms with Gasteiger partial charge in [0.2, 0.25) is 0 Å². The average molecular weight is 384 g/mol. The number of carbonyl (C=O) groups is 1. The number of aromatic nitrogens is 4. The Kier molecular flexibility index (Phi) is 4.77. The summed E-state index contributed by atoms with van der Waals surface area (Å²) in [7, 11) is 1.51. The highest BCUT2D eigenvalue weighted by molar-refractivity contribution is 6.33. The van der Waals surface area contributed by atoms with Gasteiger partial charge in [0.25, 0.3) is 5.91 Å². The molecule has 4 rings (SSSR count). The summed E-state index contributed by atoms with van der Waals surface area (Å²) in [4.78, 5) is 13.0. The maximum atomic E-state index is 13.0. The Morgan fingerprint density at radius 3 is 2.96 bits per heavy atom. The van der Waals surface area contributed by atoms with Crippen molar-refractivity contribution >= 4 is 17.5 Å². The lowest BCUT2D eigenvalue weighted by molar-refractivity contribution is 0.0929. The Labute approximate surface area is 161 Å². The van der Waals surface area contributed by atoms with Crippen LogP contribution in [0.5, 0.6) is 5.75 Å². The SMILES string of the molecule is COc1cc(-n2cnnn2)c(Cl)cc1C(=O)NC1CCCc2ccccc21. The van der Waals surface area contributed by atoms with Gasteiger partial charge in [-0.05, 0) is 46.9 Å². The summed E-state index contributed by atoms with van der Waals surface area (Å²) >= 11 is 6.37. The molecule has 3 aromatic rings. The standard InChI is InChI=1S/C19H18ClN5O2/c1-27-18-10-17(25-11-21-23-24-25)15(20)9-14(18)19(26)22-16-8-4-6-12-5-2-3-7-13(12)16/h2-3,5,7,9-11,16H,4,6,8H2,1H3,(H,22,26). The van der Waals surface area contributed by atoms with Crippen LogP contribution in [0.3, 0.4) is 0 Å². The van der Waals surface area contributed by atoms with E-state index in [0.29, 0.717) is 22.0 Å². The third-order valence-electron chi connectivity index (χ3n) is 4.78. The Bertz CT molecular complexity index is 974. The first-order valence-electron chi connectivity index (χ1n) is 8.67. The van der Waals surface area contributed by atoms with E-state index in [4.69, 9.17) is 16.3 Å². The van der Waals surface area contributed by atoms with Gasteiger partial charge < -0.3 is 10.1 Å². The maximum absolute atomic E-state index is 13.0. The molecule has 0 radical (unpaired) electrons. The van der Waals surface area contributed by atoms with Crippen LogP contribution in [0.25, 0.3) is 5.69 Å². The molecule has 0 bridgehead atoms. The van der Waals surface area contributed by atoms with Crippen molar-refractivity contribution in [2.75, 3.05) is 7.11 Å². The zero-order chi connectivity index (χ0) is 18.8. The van der Waals surface area contributed by atoms with Crippen molar-refractivity contribution in [2.45, 2.75) is 25.3 Å². The molecule has 1 unspecified atom stereocenters. The average Bonchev–Trinajstić information content (AvgIpc) is 3.22. The van der Waals surface area contributed by atoms with E-state index in [9.17, 15) is 4.79 Å². The summed E-state index contributed by atoms with van der Waals surface area (Å²) in [6, 6.07) is 11.4. The van der Waals surface area contributed by atoms with Gasteiger partial charge in [-0.2, -0.15) is 4.68 Å². The Hall–Kier alpha value is -2.93. The second-order valence-electron chi connectivity index (χ2n) is 6.38. The molecule has 7 nitrogen and oxygen atoms in total. The molecule has 0 aliphatic heterocycles. The second kappa shape index (κ2) is 7.36. The van der Waals surface area contributed by atoms with Gasteiger partial charge >= 0.3 is 0 Å². The lowest BCUT2D eigenvalue weighted by Gasteiger charge is -2.26. The molecule has 1 N–H and O–H groups in total.